The van der Waals surface area contributed by atoms with E-state index in [2.05, 4.69) is 82.6 Å². The lowest BCUT2D eigenvalue weighted by Gasteiger charge is -2.38. The third kappa shape index (κ3) is 5.26. The molecule has 7 nitrogen and oxygen atoms in total. The van der Waals surface area contributed by atoms with E-state index in [-0.39, 0.29) is 17.5 Å². The van der Waals surface area contributed by atoms with Gasteiger partial charge in [-0.3, -0.25) is 9.69 Å². The molecule has 36 heavy (non-hydrogen) atoms. The van der Waals surface area contributed by atoms with Gasteiger partial charge in [-0.15, -0.1) is 5.10 Å². The lowest BCUT2D eigenvalue weighted by atomic mass is 9.97. The third-order valence-corrected chi connectivity index (χ3v) is 7.49. The van der Waals surface area contributed by atoms with Crippen LogP contribution in [-0.2, 0) is 19.5 Å². The van der Waals surface area contributed by atoms with Crippen molar-refractivity contribution in [2.24, 2.45) is 5.92 Å². The van der Waals surface area contributed by atoms with Crippen molar-refractivity contribution >= 4 is 10.9 Å². The highest BCUT2D eigenvalue weighted by molar-refractivity contribution is 5.79. The van der Waals surface area contributed by atoms with E-state index in [1.807, 2.05) is 22.9 Å². The molecule has 0 amide bonds. The van der Waals surface area contributed by atoms with Gasteiger partial charge in [0.05, 0.1) is 6.04 Å². The van der Waals surface area contributed by atoms with Crippen molar-refractivity contribution in [3.8, 4) is 0 Å². The molecule has 1 fully saturated rings. The number of nitrogens with one attached hydrogen (secondary N) is 1. The van der Waals surface area contributed by atoms with Crippen molar-refractivity contribution in [2.75, 3.05) is 0 Å². The standard InChI is InChI=1S/C29H36N6O/c1-20(2)27(28-31-32-33-35(28)16-15-22-9-5-4-6-10-22)34(25-11-7-8-12-25)19-24-18-23-17-21(3)13-14-26(23)30-29(24)36/h4-6,9-10,13-14,17-18,20,25,27H,7-8,11-12,15-16,19H2,1-3H3,(H,30,36)/t27-/m0/s1. The summed E-state index contributed by atoms with van der Waals surface area (Å²) in [7, 11) is 0. The van der Waals surface area contributed by atoms with Gasteiger partial charge in [-0.05, 0) is 71.7 Å². The Balaban J connectivity index is 1.49. The van der Waals surface area contributed by atoms with Crippen LogP contribution in [0.2, 0.25) is 0 Å². The first-order valence-electron chi connectivity index (χ1n) is 13.2. The second-order valence-corrected chi connectivity index (χ2v) is 10.5. The zero-order valence-electron chi connectivity index (χ0n) is 21.5. The summed E-state index contributed by atoms with van der Waals surface area (Å²) >= 11 is 0. The largest absolute Gasteiger partial charge is 0.322 e. The smallest absolute Gasteiger partial charge is 0.252 e. The maximum Gasteiger partial charge on any atom is 0.252 e. The van der Waals surface area contributed by atoms with Gasteiger partial charge >= 0.3 is 0 Å². The summed E-state index contributed by atoms with van der Waals surface area (Å²) in [5, 5.41) is 14.1. The molecule has 0 saturated heterocycles. The topological polar surface area (TPSA) is 79.7 Å². The van der Waals surface area contributed by atoms with Crippen LogP contribution in [0.15, 0.2) is 59.4 Å². The van der Waals surface area contributed by atoms with Crippen molar-refractivity contribution in [3.63, 3.8) is 0 Å². The molecule has 1 saturated carbocycles. The van der Waals surface area contributed by atoms with Crippen LogP contribution < -0.4 is 5.56 Å². The minimum atomic E-state index is -0.0134. The zero-order valence-corrected chi connectivity index (χ0v) is 21.5. The Hall–Kier alpha value is -3.32. The van der Waals surface area contributed by atoms with Crippen LogP contribution >= 0.6 is 0 Å². The summed E-state index contributed by atoms with van der Waals surface area (Å²) in [5.74, 6) is 1.18. The van der Waals surface area contributed by atoms with Crippen LogP contribution in [0.3, 0.4) is 0 Å². The second kappa shape index (κ2) is 10.7. The molecule has 0 spiro atoms. The Bertz CT molecular complexity index is 1350. The molecule has 0 radical (unpaired) electrons. The number of tetrazole rings is 1. The van der Waals surface area contributed by atoms with Crippen LogP contribution in [0.1, 0.15) is 68.1 Å². The highest BCUT2D eigenvalue weighted by Crippen LogP contribution is 2.36. The molecule has 1 N–H and O–H groups in total. The van der Waals surface area contributed by atoms with E-state index in [0.717, 1.165) is 48.1 Å². The van der Waals surface area contributed by atoms with E-state index in [0.29, 0.717) is 12.6 Å². The van der Waals surface area contributed by atoms with E-state index < -0.39 is 0 Å². The first-order chi connectivity index (χ1) is 17.5. The van der Waals surface area contributed by atoms with Gasteiger partial charge in [-0.1, -0.05) is 68.7 Å². The number of fused-ring (bicyclic) bond motifs is 1. The average molecular weight is 485 g/mol. The van der Waals surface area contributed by atoms with Crippen LogP contribution in [-0.4, -0.2) is 36.1 Å². The molecule has 5 rings (SSSR count). The highest BCUT2D eigenvalue weighted by atomic mass is 16.1. The third-order valence-electron chi connectivity index (χ3n) is 7.49. The number of nitrogens with zero attached hydrogens (tertiary/aromatic N) is 5. The number of hydrogen-bond donors (Lipinski definition) is 1. The van der Waals surface area contributed by atoms with Crippen molar-refractivity contribution in [2.45, 2.75) is 78.0 Å². The first kappa shape index (κ1) is 24.4. The van der Waals surface area contributed by atoms with Gasteiger partial charge in [0.25, 0.3) is 5.56 Å². The van der Waals surface area contributed by atoms with Gasteiger partial charge in [-0.25, -0.2) is 4.68 Å². The predicted octanol–water partition coefficient (Wildman–Crippen LogP) is 5.21. The normalized spacial score (nSPS) is 15.4. The summed E-state index contributed by atoms with van der Waals surface area (Å²) in [5.41, 5.74) is 4.12. The summed E-state index contributed by atoms with van der Waals surface area (Å²) in [6, 6.07) is 19.1. The number of benzene rings is 2. The van der Waals surface area contributed by atoms with Gasteiger partial charge in [0.1, 0.15) is 0 Å². The maximum absolute atomic E-state index is 13.1. The first-order valence-corrected chi connectivity index (χ1v) is 13.2. The molecular weight excluding hydrogens is 448 g/mol. The number of pyridine rings is 1. The van der Waals surface area contributed by atoms with Gasteiger partial charge in [0.15, 0.2) is 5.82 Å². The van der Waals surface area contributed by atoms with E-state index >= 15 is 0 Å². The quantitative estimate of drug-likeness (QED) is 0.353. The molecular formula is C29H36N6O. The highest BCUT2D eigenvalue weighted by Gasteiger charge is 2.35. The SMILES string of the molecule is Cc1ccc2[nH]c(=O)c(CN(C3CCCC3)[C@H](c3nnnn3CCc3ccccc3)C(C)C)cc2c1. The van der Waals surface area contributed by atoms with E-state index in [9.17, 15) is 4.79 Å². The van der Waals surface area contributed by atoms with Gasteiger partial charge in [-0.2, -0.15) is 0 Å². The van der Waals surface area contributed by atoms with Crippen molar-refractivity contribution in [1.29, 1.82) is 0 Å². The number of aryl methyl sites for hydroxylation is 3. The summed E-state index contributed by atoms with van der Waals surface area (Å²) < 4.78 is 1.97. The number of H-pyrrole nitrogens is 1. The fourth-order valence-corrected chi connectivity index (χ4v) is 5.67. The minimum absolute atomic E-state index is 0.0134. The maximum atomic E-state index is 13.1. The number of hydrogen-bond acceptors (Lipinski definition) is 5. The number of aromatic amines is 1. The van der Waals surface area contributed by atoms with Gasteiger partial charge < -0.3 is 4.98 Å². The second-order valence-electron chi connectivity index (χ2n) is 10.5. The molecule has 1 atom stereocenters. The molecule has 0 aliphatic heterocycles. The molecule has 4 aromatic rings. The predicted molar refractivity (Wildman–Crippen MR) is 143 cm³/mol. The Labute approximate surface area is 212 Å². The Kier molecular flexibility index (Phi) is 7.28. The van der Waals surface area contributed by atoms with E-state index in [1.54, 1.807) is 0 Å². The van der Waals surface area contributed by atoms with Crippen LogP contribution in [0, 0.1) is 12.8 Å². The van der Waals surface area contributed by atoms with Crippen molar-refractivity contribution in [3.05, 3.63) is 87.5 Å². The molecule has 0 bridgehead atoms. The molecule has 7 heteroatoms. The number of rotatable bonds is 9. The molecule has 2 aromatic carbocycles. The Morgan fingerprint density at radius 3 is 2.61 bits per heavy atom. The minimum Gasteiger partial charge on any atom is -0.322 e. The molecule has 1 aliphatic carbocycles. The molecule has 2 aromatic heterocycles. The summed E-state index contributed by atoms with van der Waals surface area (Å²) in [6.07, 6.45) is 5.59. The lowest BCUT2D eigenvalue weighted by molar-refractivity contribution is 0.0840. The van der Waals surface area contributed by atoms with Crippen LogP contribution in [0.25, 0.3) is 10.9 Å². The fraction of sp³-hybridized carbons (Fsp3) is 0.448. The molecule has 0 unspecified atom stereocenters. The molecule has 1 aliphatic rings. The van der Waals surface area contributed by atoms with Gasteiger partial charge in [0, 0.05) is 30.2 Å². The Morgan fingerprint density at radius 1 is 1.08 bits per heavy atom. The Morgan fingerprint density at radius 2 is 1.86 bits per heavy atom. The average Bonchev–Trinajstić information content (AvgIpc) is 3.56. The van der Waals surface area contributed by atoms with Crippen LogP contribution in [0.5, 0.6) is 0 Å². The zero-order chi connectivity index (χ0) is 25.1. The monoisotopic (exact) mass is 484 g/mol. The van der Waals surface area contributed by atoms with Gasteiger partial charge in [0.2, 0.25) is 0 Å². The molecule has 188 valence electrons. The summed E-state index contributed by atoms with van der Waals surface area (Å²) in [6.45, 7) is 7.86. The van der Waals surface area contributed by atoms with Crippen molar-refractivity contribution in [1.82, 2.24) is 30.1 Å². The summed E-state index contributed by atoms with van der Waals surface area (Å²) in [4.78, 5) is 18.8. The fourth-order valence-electron chi connectivity index (χ4n) is 5.67. The van der Waals surface area contributed by atoms with Crippen LogP contribution in [0.4, 0.5) is 0 Å². The number of aromatic nitrogens is 5. The molecule has 2 heterocycles. The van der Waals surface area contributed by atoms with Crippen molar-refractivity contribution < 1.29 is 0 Å². The lowest BCUT2D eigenvalue weighted by Crippen LogP contribution is -2.41. The van der Waals surface area contributed by atoms with E-state index in [1.165, 1.54) is 24.0 Å². The van der Waals surface area contributed by atoms with E-state index in [4.69, 9.17) is 0 Å².